The smallest absolute Gasteiger partial charge is 0.238 e. The molecule has 4 heteroatoms. The van der Waals surface area contributed by atoms with Crippen LogP contribution in [0.5, 0.6) is 0 Å². The third kappa shape index (κ3) is 5.22. The molecule has 0 aliphatic rings. The summed E-state index contributed by atoms with van der Waals surface area (Å²) in [5.41, 5.74) is 1.000. The number of hydrogen-bond acceptors (Lipinski definition) is 2. The van der Waals surface area contributed by atoms with E-state index in [0.29, 0.717) is 19.6 Å². The molecule has 0 spiro atoms. The van der Waals surface area contributed by atoms with E-state index in [2.05, 4.69) is 0 Å². The fourth-order valence-electron chi connectivity index (χ4n) is 3.25. The lowest BCUT2D eigenvalue weighted by Crippen LogP contribution is -2.52. The molecule has 0 saturated carbocycles. The van der Waals surface area contributed by atoms with Gasteiger partial charge in [-0.15, -0.1) is 0 Å². The van der Waals surface area contributed by atoms with Gasteiger partial charge < -0.3 is 9.80 Å². The van der Waals surface area contributed by atoms with E-state index in [0.717, 1.165) is 11.1 Å². The lowest BCUT2D eigenvalue weighted by molar-refractivity contribution is -0.155. The molecule has 0 unspecified atom stereocenters. The van der Waals surface area contributed by atoms with Gasteiger partial charge in [0, 0.05) is 25.7 Å². The van der Waals surface area contributed by atoms with Crippen LogP contribution in [0.15, 0.2) is 60.7 Å². The molecule has 0 N–H and O–H groups in total. The van der Waals surface area contributed by atoms with Crippen LogP contribution >= 0.6 is 0 Å². The molecule has 2 aromatic carbocycles. The molecule has 28 heavy (non-hydrogen) atoms. The van der Waals surface area contributed by atoms with E-state index in [1.165, 1.54) is 0 Å². The van der Waals surface area contributed by atoms with E-state index in [1.807, 2.05) is 81.4 Å². The van der Waals surface area contributed by atoms with Crippen molar-refractivity contribution in [3.05, 3.63) is 71.8 Å². The van der Waals surface area contributed by atoms with Crippen molar-refractivity contribution in [3.8, 4) is 0 Å². The average Bonchev–Trinajstić information content (AvgIpc) is 2.70. The van der Waals surface area contributed by atoms with Gasteiger partial charge in [-0.25, -0.2) is 0 Å². The van der Waals surface area contributed by atoms with E-state index in [-0.39, 0.29) is 17.9 Å². The molecular formula is C24H32N2O2. The van der Waals surface area contributed by atoms with Crippen LogP contribution in [-0.4, -0.2) is 34.2 Å². The first kappa shape index (κ1) is 21.7. The van der Waals surface area contributed by atoms with E-state index >= 15 is 0 Å². The molecule has 4 nitrogen and oxygen atoms in total. The Morgan fingerprint density at radius 3 is 1.71 bits per heavy atom. The summed E-state index contributed by atoms with van der Waals surface area (Å²) in [6.45, 7) is 11.0. The molecule has 0 aliphatic carbocycles. The summed E-state index contributed by atoms with van der Waals surface area (Å²) < 4.78 is 0. The molecule has 0 aliphatic heterocycles. The SMILES string of the molecule is CCN(Cc1ccccc1)C(=O)C(C)(C)C(=O)N(Cc1ccccc1)C(C)C. The zero-order chi connectivity index (χ0) is 20.7. The number of carbonyl (C=O) groups is 2. The van der Waals surface area contributed by atoms with E-state index < -0.39 is 5.41 Å². The average molecular weight is 381 g/mol. The van der Waals surface area contributed by atoms with Crippen molar-refractivity contribution in [2.45, 2.75) is 53.8 Å². The van der Waals surface area contributed by atoms with Gasteiger partial charge in [-0.05, 0) is 45.7 Å². The van der Waals surface area contributed by atoms with Gasteiger partial charge >= 0.3 is 0 Å². The van der Waals surface area contributed by atoms with Crippen molar-refractivity contribution < 1.29 is 9.59 Å². The number of rotatable bonds is 8. The Morgan fingerprint density at radius 1 is 0.821 bits per heavy atom. The maximum atomic E-state index is 13.4. The van der Waals surface area contributed by atoms with Crippen molar-refractivity contribution in [3.63, 3.8) is 0 Å². The summed E-state index contributed by atoms with van der Waals surface area (Å²) in [7, 11) is 0. The summed E-state index contributed by atoms with van der Waals surface area (Å²) in [5, 5.41) is 0. The Hall–Kier alpha value is -2.62. The number of hydrogen-bond donors (Lipinski definition) is 0. The maximum Gasteiger partial charge on any atom is 0.238 e. The minimum Gasteiger partial charge on any atom is -0.338 e. The Kier molecular flexibility index (Phi) is 7.38. The molecule has 0 aromatic heterocycles. The second-order valence-corrected chi connectivity index (χ2v) is 7.94. The quantitative estimate of drug-likeness (QED) is 0.633. The number of nitrogens with zero attached hydrogens (tertiary/aromatic N) is 2. The molecule has 2 rings (SSSR count). The summed E-state index contributed by atoms with van der Waals surface area (Å²) in [5.74, 6) is -0.273. The number of benzene rings is 2. The van der Waals surface area contributed by atoms with Crippen molar-refractivity contribution in [2.24, 2.45) is 5.41 Å². The van der Waals surface area contributed by atoms with Crippen molar-refractivity contribution in [1.29, 1.82) is 0 Å². The molecular weight excluding hydrogens is 348 g/mol. The Balaban J connectivity index is 2.20. The summed E-state index contributed by atoms with van der Waals surface area (Å²) in [6, 6.07) is 19.8. The first-order valence-corrected chi connectivity index (χ1v) is 9.95. The van der Waals surface area contributed by atoms with E-state index in [1.54, 1.807) is 23.6 Å². The lowest BCUT2D eigenvalue weighted by Gasteiger charge is -2.36. The van der Waals surface area contributed by atoms with Crippen molar-refractivity contribution >= 4 is 11.8 Å². The van der Waals surface area contributed by atoms with Crippen LogP contribution in [0, 0.1) is 5.41 Å². The normalized spacial score (nSPS) is 11.4. The first-order chi connectivity index (χ1) is 13.3. The second-order valence-electron chi connectivity index (χ2n) is 7.94. The minimum atomic E-state index is -1.12. The van der Waals surface area contributed by atoms with Gasteiger partial charge in [0.1, 0.15) is 5.41 Å². The highest BCUT2D eigenvalue weighted by molar-refractivity contribution is 6.04. The molecule has 150 valence electrons. The molecule has 0 atom stereocenters. The van der Waals surface area contributed by atoms with Crippen LogP contribution in [0.4, 0.5) is 0 Å². The standard InChI is InChI=1S/C24H32N2O2/c1-6-25(17-20-13-9-7-10-14-20)22(27)24(4,5)23(28)26(19(2)3)18-21-15-11-8-12-16-21/h7-16,19H,6,17-18H2,1-5H3. The van der Waals surface area contributed by atoms with Crippen LogP contribution in [0.25, 0.3) is 0 Å². The Labute approximate surface area is 169 Å². The molecule has 2 amide bonds. The van der Waals surface area contributed by atoms with Crippen LogP contribution < -0.4 is 0 Å². The number of amides is 2. The summed E-state index contributed by atoms with van der Waals surface area (Å²) in [6.07, 6.45) is 0. The highest BCUT2D eigenvalue weighted by Crippen LogP contribution is 2.26. The predicted molar refractivity (Wildman–Crippen MR) is 113 cm³/mol. The van der Waals surface area contributed by atoms with Gasteiger partial charge in [0.15, 0.2) is 0 Å². The van der Waals surface area contributed by atoms with Gasteiger partial charge in [0.2, 0.25) is 11.8 Å². The Bertz CT molecular complexity index is 770. The van der Waals surface area contributed by atoms with Crippen LogP contribution in [0.1, 0.15) is 45.7 Å². The van der Waals surface area contributed by atoms with Gasteiger partial charge in [-0.1, -0.05) is 60.7 Å². The summed E-state index contributed by atoms with van der Waals surface area (Å²) >= 11 is 0. The highest BCUT2D eigenvalue weighted by atomic mass is 16.2. The van der Waals surface area contributed by atoms with Crippen molar-refractivity contribution in [2.75, 3.05) is 6.54 Å². The zero-order valence-corrected chi connectivity index (χ0v) is 17.7. The largest absolute Gasteiger partial charge is 0.338 e. The van der Waals surface area contributed by atoms with Crippen LogP contribution in [0.2, 0.25) is 0 Å². The predicted octanol–water partition coefficient (Wildman–Crippen LogP) is 4.50. The lowest BCUT2D eigenvalue weighted by atomic mass is 9.88. The third-order valence-electron chi connectivity index (χ3n) is 5.03. The fourth-order valence-corrected chi connectivity index (χ4v) is 3.25. The van der Waals surface area contributed by atoms with Crippen molar-refractivity contribution in [1.82, 2.24) is 9.80 Å². The molecule has 0 saturated heterocycles. The van der Waals surface area contributed by atoms with Gasteiger partial charge in [0.25, 0.3) is 0 Å². The third-order valence-corrected chi connectivity index (χ3v) is 5.03. The summed E-state index contributed by atoms with van der Waals surface area (Å²) in [4.78, 5) is 30.3. The van der Waals surface area contributed by atoms with Gasteiger partial charge in [-0.2, -0.15) is 0 Å². The molecule has 2 aromatic rings. The van der Waals surface area contributed by atoms with E-state index in [9.17, 15) is 9.59 Å². The van der Waals surface area contributed by atoms with Crippen LogP contribution in [0.3, 0.4) is 0 Å². The maximum absolute atomic E-state index is 13.4. The second kappa shape index (κ2) is 9.54. The highest BCUT2D eigenvalue weighted by Gasteiger charge is 2.42. The van der Waals surface area contributed by atoms with E-state index in [4.69, 9.17) is 0 Å². The number of carbonyl (C=O) groups excluding carboxylic acids is 2. The van der Waals surface area contributed by atoms with Gasteiger partial charge in [0.05, 0.1) is 0 Å². The molecule has 0 bridgehead atoms. The molecule has 0 heterocycles. The van der Waals surface area contributed by atoms with Gasteiger partial charge in [-0.3, -0.25) is 9.59 Å². The first-order valence-electron chi connectivity index (χ1n) is 9.95. The fraction of sp³-hybridized carbons (Fsp3) is 0.417. The van der Waals surface area contributed by atoms with Crippen LogP contribution in [-0.2, 0) is 22.7 Å². The topological polar surface area (TPSA) is 40.6 Å². The molecule has 0 radical (unpaired) electrons. The zero-order valence-electron chi connectivity index (χ0n) is 17.7. The minimum absolute atomic E-state index is 0.00369. The molecule has 0 fully saturated rings. The Morgan fingerprint density at radius 2 is 1.29 bits per heavy atom. The monoisotopic (exact) mass is 380 g/mol.